The number of hydrogen-bond donors (Lipinski definition) is 1. The molecule has 0 radical (unpaired) electrons. The van der Waals surface area contributed by atoms with E-state index in [1.165, 1.54) is 6.07 Å². The number of nitro groups is 1. The van der Waals surface area contributed by atoms with Gasteiger partial charge in [0.15, 0.2) is 0 Å². The molecule has 19 heavy (non-hydrogen) atoms. The van der Waals surface area contributed by atoms with Crippen molar-refractivity contribution in [2.24, 2.45) is 0 Å². The van der Waals surface area contributed by atoms with Gasteiger partial charge < -0.3 is 5.11 Å². The zero-order chi connectivity index (χ0) is 14.0. The van der Waals surface area contributed by atoms with Gasteiger partial charge in [0.05, 0.1) is 10.5 Å². The first-order chi connectivity index (χ1) is 8.93. The Morgan fingerprint density at radius 2 is 2.21 bits per heavy atom. The number of hydrogen-bond acceptors (Lipinski definition) is 4. The molecule has 6 heteroatoms. The second-order valence-corrected chi connectivity index (χ2v) is 6.07. The highest BCUT2D eigenvalue weighted by Gasteiger charge is 2.40. The van der Waals surface area contributed by atoms with Crippen molar-refractivity contribution >= 4 is 21.6 Å². The third-order valence-electron chi connectivity index (χ3n) is 3.39. The Bertz CT molecular complexity index is 487. The van der Waals surface area contributed by atoms with E-state index in [-0.39, 0.29) is 10.6 Å². The molecule has 0 aliphatic carbocycles. The summed E-state index contributed by atoms with van der Waals surface area (Å²) >= 11 is 3.24. The number of β-amino-alcohol motifs (C(OH)–C–C–N with tert-alkyl or cyclic N) is 1. The van der Waals surface area contributed by atoms with Crippen LogP contribution < -0.4 is 0 Å². The predicted molar refractivity (Wildman–Crippen MR) is 75.9 cm³/mol. The molecule has 0 unspecified atom stereocenters. The van der Waals surface area contributed by atoms with Crippen LogP contribution in [0.3, 0.4) is 0 Å². The summed E-state index contributed by atoms with van der Waals surface area (Å²) in [7, 11) is 0. The Labute approximate surface area is 120 Å². The molecule has 0 atom stereocenters. The van der Waals surface area contributed by atoms with Gasteiger partial charge in [-0.2, -0.15) is 0 Å². The molecule has 1 aromatic rings. The van der Waals surface area contributed by atoms with Gasteiger partial charge in [0.25, 0.3) is 5.69 Å². The van der Waals surface area contributed by atoms with Crippen LogP contribution in [0.25, 0.3) is 0 Å². The molecular weight excluding hydrogens is 312 g/mol. The van der Waals surface area contributed by atoms with E-state index in [0.717, 1.165) is 12.8 Å². The van der Waals surface area contributed by atoms with Crippen molar-refractivity contribution in [1.82, 2.24) is 4.90 Å². The SMILES string of the molecule is CCCC1(O)CN(Cc2ccc(Br)cc2[N+](=O)[O-])C1. The average molecular weight is 329 g/mol. The Kier molecular flexibility index (Phi) is 4.23. The van der Waals surface area contributed by atoms with E-state index in [1.54, 1.807) is 12.1 Å². The smallest absolute Gasteiger partial charge is 0.275 e. The van der Waals surface area contributed by atoms with Gasteiger partial charge in [-0.15, -0.1) is 0 Å². The Balaban J connectivity index is 2.04. The minimum atomic E-state index is -0.598. The van der Waals surface area contributed by atoms with Gasteiger partial charge in [-0.05, 0) is 18.6 Å². The van der Waals surface area contributed by atoms with Crippen molar-refractivity contribution in [3.05, 3.63) is 38.3 Å². The molecule has 1 heterocycles. The fourth-order valence-electron chi connectivity index (χ4n) is 2.60. The molecule has 0 bridgehead atoms. The van der Waals surface area contributed by atoms with Crippen LogP contribution in [0, 0.1) is 10.1 Å². The highest BCUT2D eigenvalue weighted by molar-refractivity contribution is 9.10. The monoisotopic (exact) mass is 328 g/mol. The van der Waals surface area contributed by atoms with E-state index < -0.39 is 5.60 Å². The van der Waals surface area contributed by atoms with Gasteiger partial charge in [-0.3, -0.25) is 15.0 Å². The summed E-state index contributed by atoms with van der Waals surface area (Å²) in [5.74, 6) is 0. The standard InChI is InChI=1S/C13H17BrN2O3/c1-2-5-13(17)8-15(9-13)7-10-3-4-11(14)6-12(10)16(18)19/h3-4,6,17H,2,5,7-9H2,1H3. The first-order valence-electron chi connectivity index (χ1n) is 6.31. The second-order valence-electron chi connectivity index (χ2n) is 5.15. The summed E-state index contributed by atoms with van der Waals surface area (Å²) in [4.78, 5) is 12.7. The van der Waals surface area contributed by atoms with Crippen molar-refractivity contribution in [2.75, 3.05) is 13.1 Å². The highest BCUT2D eigenvalue weighted by atomic mass is 79.9. The fraction of sp³-hybridized carbons (Fsp3) is 0.538. The Morgan fingerprint density at radius 3 is 2.79 bits per heavy atom. The van der Waals surface area contributed by atoms with Crippen LogP contribution in [-0.4, -0.2) is 33.6 Å². The predicted octanol–water partition coefficient (Wildman–Crippen LogP) is 2.70. The largest absolute Gasteiger partial charge is 0.387 e. The van der Waals surface area contributed by atoms with Crippen LogP contribution in [0.1, 0.15) is 25.3 Å². The molecule has 1 saturated heterocycles. The molecule has 0 aromatic heterocycles. The van der Waals surface area contributed by atoms with Crippen molar-refractivity contribution < 1.29 is 10.0 Å². The van der Waals surface area contributed by atoms with E-state index in [2.05, 4.69) is 15.9 Å². The fourth-order valence-corrected chi connectivity index (χ4v) is 2.95. The molecule has 1 fully saturated rings. The number of nitrogens with zero attached hydrogens (tertiary/aromatic N) is 2. The zero-order valence-corrected chi connectivity index (χ0v) is 12.4. The van der Waals surface area contributed by atoms with E-state index in [4.69, 9.17) is 0 Å². The molecule has 0 spiro atoms. The summed E-state index contributed by atoms with van der Waals surface area (Å²) in [6.07, 6.45) is 1.73. The van der Waals surface area contributed by atoms with Crippen LogP contribution in [0.15, 0.2) is 22.7 Å². The summed E-state index contributed by atoms with van der Waals surface area (Å²) in [5, 5.41) is 21.1. The molecule has 0 saturated carbocycles. The maximum Gasteiger partial charge on any atom is 0.275 e. The summed E-state index contributed by atoms with van der Waals surface area (Å²) in [5.41, 5.74) is 0.214. The highest BCUT2D eigenvalue weighted by Crippen LogP contribution is 2.30. The lowest BCUT2D eigenvalue weighted by atomic mass is 9.89. The Morgan fingerprint density at radius 1 is 1.53 bits per heavy atom. The van der Waals surface area contributed by atoms with E-state index in [9.17, 15) is 15.2 Å². The van der Waals surface area contributed by atoms with Crippen molar-refractivity contribution in [3.63, 3.8) is 0 Å². The quantitative estimate of drug-likeness (QED) is 0.666. The third kappa shape index (κ3) is 3.32. The van der Waals surface area contributed by atoms with Crippen molar-refractivity contribution in [2.45, 2.75) is 31.9 Å². The number of likely N-dealkylation sites (tertiary alicyclic amines) is 1. The lowest BCUT2D eigenvalue weighted by Crippen LogP contribution is -2.60. The molecule has 104 valence electrons. The number of aliphatic hydroxyl groups is 1. The van der Waals surface area contributed by atoms with Crippen molar-refractivity contribution in [3.8, 4) is 0 Å². The zero-order valence-electron chi connectivity index (χ0n) is 10.8. The van der Waals surface area contributed by atoms with Crippen LogP contribution >= 0.6 is 15.9 Å². The molecule has 1 N–H and O–H groups in total. The molecular formula is C13H17BrN2O3. The summed E-state index contributed by atoms with van der Waals surface area (Å²) < 4.78 is 0.703. The number of nitro benzene ring substituents is 1. The second kappa shape index (κ2) is 5.56. The van der Waals surface area contributed by atoms with E-state index >= 15 is 0 Å². The van der Waals surface area contributed by atoms with Gasteiger partial charge in [-0.1, -0.05) is 29.3 Å². The molecule has 1 aliphatic rings. The third-order valence-corrected chi connectivity index (χ3v) is 3.88. The molecule has 5 nitrogen and oxygen atoms in total. The molecule has 1 aromatic carbocycles. The number of benzene rings is 1. The topological polar surface area (TPSA) is 66.6 Å². The van der Waals surface area contributed by atoms with E-state index in [1.807, 2.05) is 11.8 Å². The van der Waals surface area contributed by atoms with Gasteiger partial charge in [0, 0.05) is 35.7 Å². The maximum atomic E-state index is 11.0. The maximum absolute atomic E-state index is 11.0. The average Bonchev–Trinajstić information content (AvgIpc) is 2.29. The Hall–Kier alpha value is -0.980. The normalized spacial score (nSPS) is 18.1. The van der Waals surface area contributed by atoms with Gasteiger partial charge in [0.2, 0.25) is 0 Å². The first-order valence-corrected chi connectivity index (χ1v) is 7.10. The van der Waals surface area contributed by atoms with Gasteiger partial charge in [0.1, 0.15) is 0 Å². The van der Waals surface area contributed by atoms with Crippen LogP contribution in [0.2, 0.25) is 0 Å². The lowest BCUT2D eigenvalue weighted by Gasteiger charge is -2.46. The molecule has 1 aliphatic heterocycles. The number of halogens is 1. The first kappa shape index (κ1) is 14.4. The summed E-state index contributed by atoms with van der Waals surface area (Å²) in [6.45, 7) is 3.73. The van der Waals surface area contributed by atoms with Crippen molar-refractivity contribution in [1.29, 1.82) is 0 Å². The molecule has 0 amide bonds. The van der Waals surface area contributed by atoms with Crippen LogP contribution in [-0.2, 0) is 6.54 Å². The van der Waals surface area contributed by atoms with Crippen LogP contribution in [0.5, 0.6) is 0 Å². The minimum Gasteiger partial charge on any atom is -0.387 e. The lowest BCUT2D eigenvalue weighted by molar-refractivity contribution is -0.385. The summed E-state index contributed by atoms with van der Waals surface area (Å²) in [6, 6.07) is 5.09. The number of rotatable bonds is 5. The van der Waals surface area contributed by atoms with Gasteiger partial charge in [-0.25, -0.2) is 0 Å². The molecule has 2 rings (SSSR count). The minimum absolute atomic E-state index is 0.125. The van der Waals surface area contributed by atoms with E-state index in [0.29, 0.717) is 29.7 Å². The van der Waals surface area contributed by atoms with Crippen LogP contribution in [0.4, 0.5) is 5.69 Å². The van der Waals surface area contributed by atoms with Gasteiger partial charge >= 0.3 is 0 Å².